The highest BCUT2D eigenvalue weighted by molar-refractivity contribution is 5.98. The highest BCUT2D eigenvalue weighted by atomic mass is 16.3. The molecule has 2 fully saturated rings. The first-order valence-electron chi connectivity index (χ1n) is 21.1. The van der Waals surface area contributed by atoms with Gasteiger partial charge in [0.05, 0.1) is 6.61 Å². The lowest BCUT2D eigenvalue weighted by molar-refractivity contribution is -0.144. The zero-order chi connectivity index (χ0) is 44.0. The number of aliphatic hydroxyl groups is 1. The molecule has 58 heavy (non-hydrogen) atoms. The summed E-state index contributed by atoms with van der Waals surface area (Å²) in [5.74, 6) is -4.60. The Morgan fingerprint density at radius 2 is 1.10 bits per heavy atom. The molecule has 2 aliphatic heterocycles. The average molecular weight is 821 g/mol. The van der Waals surface area contributed by atoms with Crippen LogP contribution in [0.15, 0.2) is 0 Å². The fraction of sp³-hybridized carbons (Fsp3) is 0.805. The summed E-state index contributed by atoms with van der Waals surface area (Å²) in [5, 5.41) is 24.0. The Labute approximate surface area is 344 Å². The van der Waals surface area contributed by atoms with Gasteiger partial charge in [0, 0.05) is 34.1 Å². The number of nitrogens with zero attached hydrogens (tertiary/aromatic N) is 3. The molecular formula is C41H72N8O9. The summed E-state index contributed by atoms with van der Waals surface area (Å²) < 4.78 is 0. The Kier molecular flexibility index (Phi) is 20.1. The largest absolute Gasteiger partial charge is 0.394 e. The van der Waals surface area contributed by atoms with Gasteiger partial charge in [0.15, 0.2) is 0 Å². The first kappa shape index (κ1) is 49.9. The maximum Gasteiger partial charge on any atom is 0.246 e. The monoisotopic (exact) mass is 821 g/mol. The van der Waals surface area contributed by atoms with E-state index >= 15 is 0 Å². The third kappa shape index (κ3) is 13.9. The van der Waals surface area contributed by atoms with Crippen molar-refractivity contribution >= 4 is 47.3 Å². The molecule has 0 bridgehead atoms. The summed E-state index contributed by atoms with van der Waals surface area (Å²) >= 11 is 0. The molecule has 0 aromatic heterocycles. The van der Waals surface area contributed by atoms with Crippen molar-refractivity contribution in [1.29, 1.82) is 0 Å². The van der Waals surface area contributed by atoms with Crippen LogP contribution in [0.3, 0.4) is 0 Å². The summed E-state index contributed by atoms with van der Waals surface area (Å²) in [7, 11) is 3.23. The van der Waals surface area contributed by atoms with Crippen LogP contribution in [-0.2, 0) is 38.4 Å². The van der Waals surface area contributed by atoms with Gasteiger partial charge in [-0.3, -0.25) is 38.4 Å². The molecule has 0 spiro atoms. The smallest absolute Gasteiger partial charge is 0.246 e. The lowest BCUT2D eigenvalue weighted by Crippen LogP contribution is -2.62. The predicted molar refractivity (Wildman–Crippen MR) is 218 cm³/mol. The van der Waals surface area contributed by atoms with Gasteiger partial charge >= 0.3 is 0 Å². The molecule has 0 aromatic carbocycles. The lowest BCUT2D eigenvalue weighted by atomic mass is 9.96. The quantitative estimate of drug-likeness (QED) is 0.0956. The minimum atomic E-state index is -1.49. The minimum absolute atomic E-state index is 0.0988. The number of hydrogen-bond donors (Lipinski definition) is 6. The van der Waals surface area contributed by atoms with Crippen LogP contribution in [0.4, 0.5) is 0 Å². The molecule has 17 heteroatoms. The van der Waals surface area contributed by atoms with Gasteiger partial charge < -0.3 is 46.4 Å². The fourth-order valence-corrected chi connectivity index (χ4v) is 7.54. The molecular weight excluding hydrogens is 748 g/mol. The van der Waals surface area contributed by atoms with Gasteiger partial charge in [-0.1, -0.05) is 68.2 Å². The summed E-state index contributed by atoms with van der Waals surface area (Å²) in [4.78, 5) is 112. The van der Waals surface area contributed by atoms with Crippen molar-refractivity contribution in [2.24, 2.45) is 23.7 Å². The van der Waals surface area contributed by atoms with Crippen molar-refractivity contribution in [2.75, 3.05) is 33.8 Å². The molecule has 2 saturated heterocycles. The molecule has 17 nitrogen and oxygen atoms in total. The van der Waals surface area contributed by atoms with Crippen molar-refractivity contribution in [3.63, 3.8) is 0 Å². The van der Waals surface area contributed by atoms with Crippen molar-refractivity contribution < 1.29 is 43.5 Å². The maximum atomic E-state index is 14.2. The summed E-state index contributed by atoms with van der Waals surface area (Å²) in [6, 6.07) is -7.01. The van der Waals surface area contributed by atoms with Crippen LogP contribution in [0.2, 0.25) is 0 Å². The van der Waals surface area contributed by atoms with Gasteiger partial charge in [-0.25, -0.2) is 0 Å². The van der Waals surface area contributed by atoms with E-state index in [4.69, 9.17) is 0 Å². The lowest BCUT2D eigenvalue weighted by Gasteiger charge is -2.33. The van der Waals surface area contributed by atoms with Gasteiger partial charge in [-0.15, -0.1) is 0 Å². The predicted octanol–water partition coefficient (Wildman–Crippen LogP) is 0.677. The van der Waals surface area contributed by atoms with Crippen LogP contribution < -0.4 is 26.6 Å². The van der Waals surface area contributed by atoms with Crippen LogP contribution >= 0.6 is 0 Å². The van der Waals surface area contributed by atoms with Crippen LogP contribution in [0.5, 0.6) is 0 Å². The second-order valence-electron chi connectivity index (χ2n) is 17.2. The van der Waals surface area contributed by atoms with Gasteiger partial charge in [0.2, 0.25) is 47.3 Å². The summed E-state index contributed by atoms with van der Waals surface area (Å²) in [6.07, 6.45) is 3.60. The standard InChI is InChI=1S/C41H72N8O9/c1-12-25(7)33(45-37(54)32-17-14-18-48(32)40(57)29(21-24(5)6)42-27(9)51)38(55)44-30(22-50)35(52)46-34(26(8)13-2)41(58)49-19-15-16-31(49)36(53)43-28(20-23(3)4)39(56)47(10)11/h23-26,28-34,50H,12-22H2,1-11H3,(H,42,51)(H,43,53)(H,44,55)(H,45,54)(H,46,52)/t25-,26+,28+,29+,30+,31+,32+,33+,34+/m1/s1. The van der Waals surface area contributed by atoms with Gasteiger partial charge in [-0.2, -0.15) is 0 Å². The van der Waals surface area contributed by atoms with Crippen molar-refractivity contribution in [1.82, 2.24) is 41.3 Å². The Balaban J connectivity index is 2.24. The number of likely N-dealkylation sites (N-methyl/N-ethyl adjacent to an activating group) is 1. The third-order valence-corrected chi connectivity index (χ3v) is 11.2. The van der Waals surface area contributed by atoms with Crippen LogP contribution in [-0.4, -0.2) is 143 Å². The molecule has 0 radical (unpaired) electrons. The molecule has 2 aliphatic rings. The topological polar surface area (TPSA) is 227 Å². The highest BCUT2D eigenvalue weighted by Crippen LogP contribution is 2.24. The van der Waals surface area contributed by atoms with E-state index in [2.05, 4.69) is 26.6 Å². The summed E-state index contributed by atoms with van der Waals surface area (Å²) in [6.45, 7) is 16.1. The molecule has 0 aliphatic carbocycles. The zero-order valence-corrected chi connectivity index (χ0v) is 36.7. The van der Waals surface area contributed by atoms with E-state index in [9.17, 15) is 43.5 Å². The molecule has 8 amide bonds. The number of carbonyl (C=O) groups is 8. The molecule has 330 valence electrons. The maximum absolute atomic E-state index is 14.2. The van der Waals surface area contributed by atoms with Gasteiger partial charge in [0.1, 0.15) is 42.3 Å². The molecule has 0 aromatic rings. The first-order valence-corrected chi connectivity index (χ1v) is 21.1. The average Bonchev–Trinajstić information content (AvgIpc) is 3.86. The zero-order valence-electron chi connectivity index (χ0n) is 36.7. The number of amides is 8. The van der Waals surface area contributed by atoms with Crippen molar-refractivity contribution in [3.8, 4) is 0 Å². The number of hydrogen-bond acceptors (Lipinski definition) is 9. The third-order valence-electron chi connectivity index (χ3n) is 11.2. The normalized spacial score (nSPS) is 20.3. The van der Waals surface area contributed by atoms with E-state index in [0.29, 0.717) is 57.9 Å². The number of carbonyl (C=O) groups excluding carboxylic acids is 8. The minimum Gasteiger partial charge on any atom is -0.394 e. The Morgan fingerprint density at radius 1 is 0.621 bits per heavy atom. The Hall–Kier alpha value is -4.28. The van der Waals surface area contributed by atoms with Gasteiger partial charge in [0.25, 0.3) is 0 Å². The first-order chi connectivity index (χ1) is 27.2. The fourth-order valence-electron chi connectivity index (χ4n) is 7.54. The summed E-state index contributed by atoms with van der Waals surface area (Å²) in [5.41, 5.74) is 0. The molecule has 9 atom stereocenters. The number of rotatable bonds is 21. The molecule has 2 rings (SSSR count). The van der Waals surface area contributed by atoms with Gasteiger partial charge in [-0.05, 0) is 62.2 Å². The van der Waals surface area contributed by atoms with E-state index < -0.39 is 90.3 Å². The van der Waals surface area contributed by atoms with E-state index in [-0.39, 0.29) is 36.1 Å². The number of aliphatic hydroxyl groups excluding tert-OH is 1. The van der Waals surface area contributed by atoms with Crippen LogP contribution in [0, 0.1) is 23.7 Å². The second-order valence-corrected chi connectivity index (χ2v) is 17.2. The van der Waals surface area contributed by atoms with Crippen molar-refractivity contribution in [2.45, 2.75) is 156 Å². The molecule has 6 N–H and O–H groups in total. The van der Waals surface area contributed by atoms with Crippen LogP contribution in [0.1, 0.15) is 114 Å². The Morgan fingerprint density at radius 3 is 1.57 bits per heavy atom. The van der Waals surface area contributed by atoms with E-state index in [0.717, 1.165) is 0 Å². The number of likely N-dealkylation sites (tertiary alicyclic amines) is 2. The highest BCUT2D eigenvalue weighted by Gasteiger charge is 2.42. The van der Waals surface area contributed by atoms with E-state index in [1.165, 1.54) is 21.6 Å². The van der Waals surface area contributed by atoms with Crippen molar-refractivity contribution in [3.05, 3.63) is 0 Å². The molecule has 0 saturated carbocycles. The SMILES string of the molecule is CC[C@@H](C)[C@H](NC(=O)[C@@H]1CCCN1C(=O)[C@H](CC(C)C)NC(C)=O)C(=O)N[C@@H](CO)C(=O)N[C@H](C(=O)N1CCC[C@H]1C(=O)N[C@@H](CC(C)C)C(=O)N(C)C)[C@@H](C)CC. The van der Waals surface area contributed by atoms with E-state index in [1.54, 1.807) is 27.9 Å². The Bertz CT molecular complexity index is 1460. The molecule has 2 heterocycles. The van der Waals surface area contributed by atoms with Crippen LogP contribution in [0.25, 0.3) is 0 Å². The van der Waals surface area contributed by atoms with E-state index in [1.807, 2.05) is 41.5 Å². The second kappa shape index (κ2) is 23.3. The number of nitrogens with one attached hydrogen (secondary N) is 5. The molecule has 0 unspecified atom stereocenters.